The maximum Gasteiger partial charge on any atom is 0.207 e. The number of benzene rings is 2. The van der Waals surface area contributed by atoms with Crippen molar-refractivity contribution in [2.24, 2.45) is 0 Å². The molecule has 4 rings (SSSR count). The number of para-hydroxylation sites is 3. The molecule has 2 aromatic carbocycles. The van der Waals surface area contributed by atoms with Crippen molar-refractivity contribution in [1.82, 2.24) is 15.0 Å². The molecule has 0 amide bonds. The molecule has 0 aliphatic heterocycles. The van der Waals surface area contributed by atoms with E-state index >= 15 is 0 Å². The minimum atomic E-state index is 0.722. The number of fused-ring (bicyclic) bond motifs is 2. The number of nitrogens with one attached hydrogen (secondary N) is 2. The quantitative estimate of drug-likeness (QED) is 0.578. The lowest BCUT2D eigenvalue weighted by molar-refractivity contribution is 1.29. The molecule has 0 spiro atoms. The molecule has 0 atom stereocenters. The summed E-state index contributed by atoms with van der Waals surface area (Å²) in [6.45, 7) is 0. The molecule has 0 unspecified atom stereocenters. The lowest BCUT2D eigenvalue weighted by atomic mass is 10.3. The normalized spacial score (nSPS) is 11.2. The fourth-order valence-corrected chi connectivity index (χ4v) is 2.90. The van der Waals surface area contributed by atoms with Gasteiger partial charge in [-0.05, 0) is 24.3 Å². The summed E-state index contributed by atoms with van der Waals surface area (Å²) in [5.41, 5.74) is 2.98. The van der Waals surface area contributed by atoms with Crippen molar-refractivity contribution in [3.8, 4) is 0 Å². The number of hydrogen-bond donors (Lipinski definition) is 2. The Bertz CT molecular complexity index is 724. The molecule has 5 heteroatoms. The van der Waals surface area contributed by atoms with Crippen LogP contribution in [0.1, 0.15) is 0 Å². The predicted octanol–water partition coefficient (Wildman–Crippen LogP) is 3.92. The second-order valence-electron chi connectivity index (χ2n) is 4.21. The van der Waals surface area contributed by atoms with Gasteiger partial charge in [0.15, 0.2) is 5.13 Å². The van der Waals surface area contributed by atoms with Gasteiger partial charge in [-0.15, -0.1) is 0 Å². The van der Waals surface area contributed by atoms with Gasteiger partial charge in [0.1, 0.15) is 0 Å². The summed E-state index contributed by atoms with van der Waals surface area (Å²) in [5.74, 6) is 0.722. The van der Waals surface area contributed by atoms with Crippen LogP contribution in [0.15, 0.2) is 48.5 Å². The maximum absolute atomic E-state index is 4.53. The van der Waals surface area contributed by atoms with E-state index in [9.17, 15) is 0 Å². The highest BCUT2D eigenvalue weighted by molar-refractivity contribution is 7.22. The number of nitrogens with zero attached hydrogens (tertiary/aromatic N) is 2. The highest BCUT2D eigenvalue weighted by Crippen LogP contribution is 2.27. The maximum atomic E-state index is 4.53. The number of aromatic nitrogens is 3. The first-order valence-corrected chi connectivity index (χ1v) is 6.77. The number of imidazole rings is 1. The van der Waals surface area contributed by atoms with Crippen molar-refractivity contribution < 1.29 is 0 Å². The zero-order valence-electron chi connectivity index (χ0n) is 9.92. The largest absolute Gasteiger partial charge is 0.324 e. The molecule has 19 heavy (non-hydrogen) atoms. The van der Waals surface area contributed by atoms with Gasteiger partial charge in [-0.3, -0.25) is 0 Å². The summed E-state index contributed by atoms with van der Waals surface area (Å²) in [4.78, 5) is 12.2. The van der Waals surface area contributed by atoms with E-state index in [-0.39, 0.29) is 0 Å². The molecule has 4 nitrogen and oxygen atoms in total. The SMILES string of the molecule is c1ccc2[nH]c(Nc3nc4ccccc4s3)nc2c1. The van der Waals surface area contributed by atoms with Crippen molar-refractivity contribution in [3.63, 3.8) is 0 Å². The van der Waals surface area contributed by atoms with Crippen molar-refractivity contribution >= 4 is 43.7 Å². The number of hydrogen-bond acceptors (Lipinski definition) is 4. The molecule has 2 heterocycles. The van der Waals surface area contributed by atoms with E-state index < -0.39 is 0 Å². The van der Waals surface area contributed by atoms with Crippen LogP contribution in [0.25, 0.3) is 21.3 Å². The van der Waals surface area contributed by atoms with E-state index in [2.05, 4.69) is 26.3 Å². The topological polar surface area (TPSA) is 53.6 Å². The van der Waals surface area contributed by atoms with Crippen molar-refractivity contribution in [2.75, 3.05) is 5.32 Å². The number of aromatic amines is 1. The first-order chi connectivity index (χ1) is 9.38. The summed E-state index contributed by atoms with van der Waals surface area (Å²) < 4.78 is 1.17. The molecule has 92 valence electrons. The zero-order chi connectivity index (χ0) is 12.7. The van der Waals surface area contributed by atoms with Crippen LogP contribution in [0.4, 0.5) is 11.1 Å². The van der Waals surface area contributed by atoms with Crippen LogP contribution in [0.5, 0.6) is 0 Å². The van der Waals surface area contributed by atoms with Crippen LogP contribution in [0.3, 0.4) is 0 Å². The van der Waals surface area contributed by atoms with E-state index in [0.29, 0.717) is 0 Å². The van der Waals surface area contributed by atoms with Gasteiger partial charge >= 0.3 is 0 Å². The molecule has 4 aromatic rings. The Balaban J connectivity index is 1.73. The number of thiazole rings is 1. The summed E-state index contributed by atoms with van der Waals surface area (Å²) in [6, 6.07) is 16.0. The standard InChI is InChI=1S/C14H10N4S/c1-2-6-10-9(5-1)15-13(16-10)18-14-17-11-7-3-4-8-12(11)19-14/h1-8H,(H2,15,16,17,18). The van der Waals surface area contributed by atoms with Gasteiger partial charge in [-0.1, -0.05) is 35.6 Å². The van der Waals surface area contributed by atoms with Crippen molar-refractivity contribution in [2.45, 2.75) is 0 Å². The third kappa shape index (κ3) is 1.84. The van der Waals surface area contributed by atoms with Gasteiger partial charge in [0.25, 0.3) is 0 Å². The highest BCUT2D eigenvalue weighted by Gasteiger charge is 2.06. The molecule has 2 aromatic heterocycles. The first-order valence-electron chi connectivity index (χ1n) is 5.96. The average Bonchev–Trinajstić information content (AvgIpc) is 3.00. The Morgan fingerprint density at radius 3 is 2.53 bits per heavy atom. The fraction of sp³-hybridized carbons (Fsp3) is 0. The predicted molar refractivity (Wildman–Crippen MR) is 79.0 cm³/mol. The summed E-state index contributed by atoms with van der Waals surface area (Å²) in [7, 11) is 0. The van der Waals surface area contributed by atoms with Crippen molar-refractivity contribution in [1.29, 1.82) is 0 Å². The summed E-state index contributed by atoms with van der Waals surface area (Å²) in [5, 5.41) is 4.07. The second-order valence-corrected chi connectivity index (χ2v) is 5.24. The van der Waals surface area contributed by atoms with E-state index in [4.69, 9.17) is 0 Å². The Hall–Kier alpha value is -2.40. The minimum Gasteiger partial charge on any atom is -0.324 e. The lowest BCUT2D eigenvalue weighted by Gasteiger charge is -1.94. The van der Waals surface area contributed by atoms with Gasteiger partial charge in [-0.2, -0.15) is 0 Å². The smallest absolute Gasteiger partial charge is 0.207 e. The minimum absolute atomic E-state index is 0.722. The molecular weight excluding hydrogens is 256 g/mol. The van der Waals surface area contributed by atoms with Crippen LogP contribution >= 0.6 is 11.3 Å². The molecule has 0 bridgehead atoms. The molecule has 0 saturated carbocycles. The molecular formula is C14H10N4S. The zero-order valence-corrected chi connectivity index (χ0v) is 10.7. The van der Waals surface area contributed by atoms with Gasteiger partial charge in [0, 0.05) is 0 Å². The van der Waals surface area contributed by atoms with E-state index in [0.717, 1.165) is 27.6 Å². The summed E-state index contributed by atoms with van der Waals surface area (Å²) >= 11 is 1.62. The van der Waals surface area contributed by atoms with Crippen LogP contribution in [0.2, 0.25) is 0 Å². The monoisotopic (exact) mass is 266 g/mol. The first kappa shape index (κ1) is 10.5. The van der Waals surface area contributed by atoms with Gasteiger partial charge in [0.05, 0.1) is 21.3 Å². The van der Waals surface area contributed by atoms with E-state index in [1.807, 2.05) is 42.5 Å². The Morgan fingerprint density at radius 2 is 1.68 bits per heavy atom. The van der Waals surface area contributed by atoms with Crippen molar-refractivity contribution in [3.05, 3.63) is 48.5 Å². The Labute approximate surface area is 113 Å². The van der Waals surface area contributed by atoms with Gasteiger partial charge in [0.2, 0.25) is 5.95 Å². The number of H-pyrrole nitrogens is 1. The third-order valence-corrected chi connectivity index (χ3v) is 3.86. The fourth-order valence-electron chi connectivity index (χ4n) is 2.04. The van der Waals surface area contributed by atoms with Crippen LogP contribution in [-0.2, 0) is 0 Å². The molecule has 2 N–H and O–H groups in total. The average molecular weight is 266 g/mol. The van der Waals surface area contributed by atoms with E-state index in [1.54, 1.807) is 11.3 Å². The van der Waals surface area contributed by atoms with Crippen LogP contribution < -0.4 is 5.32 Å². The highest BCUT2D eigenvalue weighted by atomic mass is 32.1. The molecule has 0 aliphatic rings. The number of anilines is 2. The number of rotatable bonds is 2. The third-order valence-electron chi connectivity index (χ3n) is 2.91. The summed E-state index contributed by atoms with van der Waals surface area (Å²) in [6.07, 6.45) is 0. The molecule has 0 fully saturated rings. The Kier molecular flexibility index (Phi) is 2.25. The molecule has 0 saturated heterocycles. The van der Waals surface area contributed by atoms with Gasteiger partial charge in [-0.25, -0.2) is 9.97 Å². The van der Waals surface area contributed by atoms with Crippen LogP contribution in [-0.4, -0.2) is 15.0 Å². The Morgan fingerprint density at radius 1 is 0.895 bits per heavy atom. The molecule has 0 aliphatic carbocycles. The second kappa shape index (κ2) is 4.07. The van der Waals surface area contributed by atoms with Crippen LogP contribution in [0, 0.1) is 0 Å². The van der Waals surface area contributed by atoms with Gasteiger partial charge < -0.3 is 10.3 Å². The van der Waals surface area contributed by atoms with E-state index in [1.165, 1.54) is 4.70 Å². The molecule has 0 radical (unpaired) electrons. The lowest BCUT2D eigenvalue weighted by Crippen LogP contribution is -1.90.